The Morgan fingerprint density at radius 1 is 1.42 bits per heavy atom. The molecule has 3 N–H and O–H groups in total. The highest BCUT2D eigenvalue weighted by atomic mass is 79.9. The van der Waals surface area contributed by atoms with Crippen LogP contribution in [0.1, 0.15) is 25.5 Å². The van der Waals surface area contributed by atoms with E-state index in [0.717, 1.165) is 0 Å². The van der Waals surface area contributed by atoms with Gasteiger partial charge in [0.05, 0.1) is 24.1 Å². The van der Waals surface area contributed by atoms with Crippen LogP contribution >= 0.6 is 15.9 Å². The zero-order valence-corrected chi connectivity index (χ0v) is 12.9. The summed E-state index contributed by atoms with van der Waals surface area (Å²) < 4.78 is 10.3. The number of esters is 1. The highest BCUT2D eigenvalue weighted by Gasteiger charge is 2.38. The van der Waals surface area contributed by atoms with Gasteiger partial charge in [0.1, 0.15) is 11.5 Å². The summed E-state index contributed by atoms with van der Waals surface area (Å²) in [5.41, 5.74) is 5.55. The van der Waals surface area contributed by atoms with E-state index in [1.54, 1.807) is 26.0 Å². The van der Waals surface area contributed by atoms with E-state index in [9.17, 15) is 9.90 Å². The maximum atomic E-state index is 11.8. The number of rotatable bonds is 4. The van der Waals surface area contributed by atoms with Gasteiger partial charge in [0.25, 0.3) is 0 Å². The molecular formula is C13H18BrNO4. The molecule has 0 radical (unpaired) electrons. The van der Waals surface area contributed by atoms with Gasteiger partial charge in [0.15, 0.2) is 0 Å². The molecule has 1 atom stereocenters. The van der Waals surface area contributed by atoms with Crippen LogP contribution in [-0.4, -0.2) is 25.3 Å². The SMILES string of the molecule is COC(=O)C(C)(C)[C@@H](N)c1cc(OC)cc(Br)c1O. The molecule has 0 saturated heterocycles. The van der Waals surface area contributed by atoms with Crippen LogP contribution in [-0.2, 0) is 9.53 Å². The van der Waals surface area contributed by atoms with Crippen LogP contribution in [0.15, 0.2) is 16.6 Å². The molecule has 1 aromatic rings. The largest absolute Gasteiger partial charge is 0.506 e. The van der Waals surface area contributed by atoms with Crippen molar-refractivity contribution in [3.05, 3.63) is 22.2 Å². The van der Waals surface area contributed by atoms with E-state index in [1.807, 2.05) is 0 Å². The molecule has 0 heterocycles. The molecule has 0 fully saturated rings. The van der Waals surface area contributed by atoms with E-state index in [4.69, 9.17) is 15.2 Å². The summed E-state index contributed by atoms with van der Waals surface area (Å²) in [6.45, 7) is 3.33. The molecule has 0 unspecified atom stereocenters. The summed E-state index contributed by atoms with van der Waals surface area (Å²) in [5.74, 6) is 0.0828. The molecule has 0 aromatic heterocycles. The standard InChI is InChI=1S/C13H18BrNO4/c1-13(2,12(17)19-4)11(15)8-5-7(18-3)6-9(14)10(8)16/h5-6,11,16H,15H2,1-4H3/t11-/m0/s1. The van der Waals surface area contributed by atoms with Crippen molar-refractivity contribution in [3.63, 3.8) is 0 Å². The van der Waals surface area contributed by atoms with Crippen molar-refractivity contribution in [3.8, 4) is 11.5 Å². The van der Waals surface area contributed by atoms with Gasteiger partial charge in [-0.2, -0.15) is 0 Å². The molecule has 1 aromatic carbocycles. The molecule has 0 saturated carbocycles. The maximum absolute atomic E-state index is 11.8. The predicted molar refractivity (Wildman–Crippen MR) is 75.1 cm³/mol. The Hall–Kier alpha value is -1.27. The first-order valence-corrected chi connectivity index (χ1v) is 6.45. The third kappa shape index (κ3) is 3.01. The number of halogens is 1. The van der Waals surface area contributed by atoms with Crippen molar-refractivity contribution in [1.82, 2.24) is 0 Å². The molecule has 5 nitrogen and oxygen atoms in total. The molecule has 19 heavy (non-hydrogen) atoms. The molecule has 0 aliphatic rings. The van der Waals surface area contributed by atoms with Gasteiger partial charge in [0.2, 0.25) is 0 Å². The van der Waals surface area contributed by atoms with Crippen LogP contribution < -0.4 is 10.5 Å². The number of hydrogen-bond acceptors (Lipinski definition) is 5. The summed E-state index contributed by atoms with van der Waals surface area (Å²) in [6, 6.07) is 2.50. The number of methoxy groups -OCH3 is 2. The van der Waals surface area contributed by atoms with Gasteiger partial charge in [-0.05, 0) is 41.9 Å². The van der Waals surface area contributed by atoms with Gasteiger partial charge in [-0.1, -0.05) is 0 Å². The lowest BCUT2D eigenvalue weighted by atomic mass is 9.80. The molecule has 0 amide bonds. The number of nitrogens with two attached hydrogens (primary N) is 1. The fourth-order valence-corrected chi connectivity index (χ4v) is 2.18. The van der Waals surface area contributed by atoms with E-state index in [2.05, 4.69) is 15.9 Å². The second kappa shape index (κ2) is 5.79. The highest BCUT2D eigenvalue weighted by molar-refractivity contribution is 9.10. The zero-order valence-electron chi connectivity index (χ0n) is 11.4. The van der Waals surface area contributed by atoms with Gasteiger partial charge < -0.3 is 20.3 Å². The lowest BCUT2D eigenvalue weighted by Gasteiger charge is -2.29. The quantitative estimate of drug-likeness (QED) is 0.827. The van der Waals surface area contributed by atoms with Crippen molar-refractivity contribution in [2.24, 2.45) is 11.1 Å². The molecule has 1 rings (SSSR count). The van der Waals surface area contributed by atoms with Crippen LogP contribution in [0, 0.1) is 5.41 Å². The highest BCUT2D eigenvalue weighted by Crippen LogP contribution is 2.41. The lowest BCUT2D eigenvalue weighted by molar-refractivity contribution is -0.152. The summed E-state index contributed by atoms with van der Waals surface area (Å²) in [5, 5.41) is 10.1. The number of hydrogen-bond donors (Lipinski definition) is 2. The Labute approximate surface area is 120 Å². The van der Waals surface area contributed by atoms with Crippen molar-refractivity contribution in [2.45, 2.75) is 19.9 Å². The van der Waals surface area contributed by atoms with Gasteiger partial charge in [0, 0.05) is 11.6 Å². The fourth-order valence-electron chi connectivity index (χ4n) is 1.73. The molecule has 0 spiro atoms. The Morgan fingerprint density at radius 3 is 2.47 bits per heavy atom. The Balaban J connectivity index is 3.29. The van der Waals surface area contributed by atoms with Gasteiger partial charge in [-0.25, -0.2) is 0 Å². The second-order valence-electron chi connectivity index (χ2n) is 4.74. The normalized spacial score (nSPS) is 12.9. The summed E-state index contributed by atoms with van der Waals surface area (Å²) in [4.78, 5) is 11.8. The number of phenolic OH excluding ortho intramolecular Hbond substituents is 1. The number of benzene rings is 1. The van der Waals surface area contributed by atoms with Crippen LogP contribution in [0.25, 0.3) is 0 Å². The average molecular weight is 332 g/mol. The van der Waals surface area contributed by atoms with E-state index in [0.29, 0.717) is 15.8 Å². The minimum Gasteiger partial charge on any atom is -0.506 e. The number of aromatic hydroxyl groups is 1. The summed E-state index contributed by atoms with van der Waals surface area (Å²) in [7, 11) is 2.82. The maximum Gasteiger partial charge on any atom is 0.313 e. The molecule has 6 heteroatoms. The summed E-state index contributed by atoms with van der Waals surface area (Å²) >= 11 is 3.23. The zero-order chi connectivity index (χ0) is 14.8. The number of ether oxygens (including phenoxy) is 2. The van der Waals surface area contributed by atoms with Crippen LogP contribution in [0.2, 0.25) is 0 Å². The third-order valence-corrected chi connectivity index (χ3v) is 3.73. The van der Waals surface area contributed by atoms with E-state index in [1.165, 1.54) is 14.2 Å². The monoisotopic (exact) mass is 331 g/mol. The number of carbonyl (C=O) groups excluding carboxylic acids is 1. The molecule has 0 aliphatic carbocycles. The second-order valence-corrected chi connectivity index (χ2v) is 5.59. The van der Waals surface area contributed by atoms with Gasteiger partial charge in [-0.15, -0.1) is 0 Å². The molecule has 106 valence electrons. The van der Waals surface area contributed by atoms with Crippen molar-refractivity contribution in [1.29, 1.82) is 0 Å². The topological polar surface area (TPSA) is 81.8 Å². The van der Waals surface area contributed by atoms with Crippen LogP contribution in [0.3, 0.4) is 0 Å². The van der Waals surface area contributed by atoms with Crippen LogP contribution in [0.5, 0.6) is 11.5 Å². The minimum absolute atomic E-state index is 0.00900. The van der Waals surface area contributed by atoms with E-state index < -0.39 is 17.4 Å². The number of phenols is 1. The average Bonchev–Trinajstić information content (AvgIpc) is 2.39. The summed E-state index contributed by atoms with van der Waals surface area (Å²) in [6.07, 6.45) is 0. The van der Waals surface area contributed by atoms with E-state index in [-0.39, 0.29) is 5.75 Å². The third-order valence-electron chi connectivity index (χ3n) is 3.13. The first-order valence-electron chi connectivity index (χ1n) is 5.66. The first kappa shape index (κ1) is 15.8. The van der Waals surface area contributed by atoms with Gasteiger partial charge in [-0.3, -0.25) is 4.79 Å². The minimum atomic E-state index is -0.974. The lowest BCUT2D eigenvalue weighted by Crippen LogP contribution is -2.37. The van der Waals surface area contributed by atoms with E-state index >= 15 is 0 Å². The first-order chi connectivity index (χ1) is 8.75. The predicted octanol–water partition coefficient (Wildman–Crippen LogP) is 2.36. The van der Waals surface area contributed by atoms with Crippen molar-refractivity contribution < 1.29 is 19.4 Å². The van der Waals surface area contributed by atoms with Crippen molar-refractivity contribution >= 4 is 21.9 Å². The fraction of sp³-hybridized carbons (Fsp3) is 0.462. The molecule has 0 bridgehead atoms. The Kier molecular flexibility index (Phi) is 4.81. The molecular weight excluding hydrogens is 314 g/mol. The number of carbonyl (C=O) groups is 1. The van der Waals surface area contributed by atoms with Gasteiger partial charge >= 0.3 is 5.97 Å². The van der Waals surface area contributed by atoms with Crippen LogP contribution in [0.4, 0.5) is 0 Å². The smallest absolute Gasteiger partial charge is 0.313 e. The molecule has 0 aliphatic heterocycles. The van der Waals surface area contributed by atoms with Crippen molar-refractivity contribution in [2.75, 3.05) is 14.2 Å². The Bertz CT molecular complexity index is 488. The Morgan fingerprint density at radius 2 is 2.00 bits per heavy atom.